The number of benzene rings is 3. The number of anilines is 1. The number of hydrogen-bond donors (Lipinski definition) is 3. The molecule has 0 aliphatic carbocycles. The van der Waals surface area contributed by atoms with Crippen LogP contribution in [-0.4, -0.2) is 28.3 Å². The number of nitrogens with zero attached hydrogens (tertiary/aromatic N) is 1. The summed E-state index contributed by atoms with van der Waals surface area (Å²) in [4.78, 5) is 16.8. The Bertz CT molecular complexity index is 1230. The zero-order valence-electron chi connectivity index (χ0n) is 17.4. The van der Waals surface area contributed by atoms with Gasteiger partial charge in [0.25, 0.3) is 0 Å². The van der Waals surface area contributed by atoms with Gasteiger partial charge in [0, 0.05) is 23.4 Å². The fraction of sp³-hybridized carbons (Fsp3) is 0.120. The van der Waals surface area contributed by atoms with Crippen molar-refractivity contribution in [3.8, 4) is 22.8 Å². The van der Waals surface area contributed by atoms with E-state index in [2.05, 4.69) is 5.32 Å². The summed E-state index contributed by atoms with van der Waals surface area (Å²) in [5.41, 5.74) is 3.63. The Balaban J connectivity index is 1.63. The Labute approximate surface area is 189 Å². The highest BCUT2D eigenvalue weighted by molar-refractivity contribution is 7.16. The number of carboxylic acid groups (broad SMARTS) is 1. The molecule has 0 aliphatic rings. The van der Waals surface area contributed by atoms with E-state index >= 15 is 0 Å². The molecule has 0 amide bonds. The molecule has 6 nitrogen and oxygen atoms in total. The number of nitrogens with one attached hydrogen (secondary N) is 1. The van der Waals surface area contributed by atoms with Crippen LogP contribution >= 0.6 is 11.3 Å². The molecular formula is C25H22N2O4S. The molecule has 0 spiro atoms. The van der Waals surface area contributed by atoms with Gasteiger partial charge < -0.3 is 20.3 Å². The third kappa shape index (κ3) is 4.73. The number of aromatic carboxylic acids is 1. The zero-order valence-corrected chi connectivity index (χ0v) is 18.2. The highest BCUT2D eigenvalue weighted by atomic mass is 32.1. The normalized spacial score (nSPS) is 10.7. The van der Waals surface area contributed by atoms with Gasteiger partial charge in [-0.3, -0.25) is 0 Å². The van der Waals surface area contributed by atoms with E-state index in [4.69, 9.17) is 14.8 Å². The average Bonchev–Trinajstić information content (AvgIpc) is 3.21. The molecule has 0 saturated heterocycles. The summed E-state index contributed by atoms with van der Waals surface area (Å²) in [6.45, 7) is 0.502. The van der Waals surface area contributed by atoms with Crippen LogP contribution in [0.1, 0.15) is 26.4 Å². The minimum absolute atomic E-state index is 0.176. The van der Waals surface area contributed by atoms with Gasteiger partial charge in [-0.1, -0.05) is 42.5 Å². The number of rotatable bonds is 8. The summed E-state index contributed by atoms with van der Waals surface area (Å²) < 4.78 is 5.50. The molecule has 4 rings (SSSR count). The van der Waals surface area contributed by atoms with Crippen molar-refractivity contribution in [2.75, 3.05) is 12.4 Å². The Hall–Kier alpha value is -3.84. The smallest absolute Gasteiger partial charge is 0.335 e. The highest BCUT2D eigenvalue weighted by Crippen LogP contribution is 2.38. The van der Waals surface area contributed by atoms with Gasteiger partial charge in [-0.15, -0.1) is 11.3 Å². The summed E-state index contributed by atoms with van der Waals surface area (Å²) in [6.07, 6.45) is 0.611. The zero-order chi connectivity index (χ0) is 22.5. The van der Waals surface area contributed by atoms with Crippen LogP contribution in [0.25, 0.3) is 11.3 Å². The van der Waals surface area contributed by atoms with Crippen LogP contribution in [0.3, 0.4) is 0 Å². The van der Waals surface area contributed by atoms with Crippen molar-refractivity contribution in [2.45, 2.75) is 13.0 Å². The monoisotopic (exact) mass is 446 g/mol. The molecule has 0 fully saturated rings. The van der Waals surface area contributed by atoms with E-state index < -0.39 is 5.97 Å². The van der Waals surface area contributed by atoms with Gasteiger partial charge in [0.1, 0.15) is 11.5 Å². The highest BCUT2D eigenvalue weighted by Gasteiger charge is 2.17. The van der Waals surface area contributed by atoms with Crippen molar-refractivity contribution in [1.29, 1.82) is 0 Å². The number of para-hydroxylation sites is 2. The van der Waals surface area contributed by atoms with Crippen molar-refractivity contribution in [1.82, 2.24) is 4.98 Å². The fourth-order valence-corrected chi connectivity index (χ4v) is 4.39. The molecule has 0 atom stereocenters. The first-order valence-corrected chi connectivity index (χ1v) is 10.8. The molecule has 4 aromatic rings. The Kier molecular flexibility index (Phi) is 6.37. The average molecular weight is 447 g/mol. The molecule has 3 N–H and O–H groups in total. The van der Waals surface area contributed by atoms with Crippen LogP contribution in [0, 0.1) is 0 Å². The minimum Gasteiger partial charge on any atom is -0.507 e. The maximum Gasteiger partial charge on any atom is 0.335 e. The van der Waals surface area contributed by atoms with Gasteiger partial charge in [0.05, 0.1) is 18.4 Å². The molecule has 0 aliphatic heterocycles. The SMILES string of the molecule is COc1ccccc1Cc1sc(NCc2ccc(C(=O)O)cc2)nc1-c1ccccc1O. The lowest BCUT2D eigenvalue weighted by molar-refractivity contribution is 0.0697. The molecule has 32 heavy (non-hydrogen) atoms. The maximum absolute atomic E-state index is 11.0. The van der Waals surface area contributed by atoms with E-state index in [0.29, 0.717) is 18.5 Å². The van der Waals surface area contributed by atoms with Crippen LogP contribution in [-0.2, 0) is 13.0 Å². The van der Waals surface area contributed by atoms with Gasteiger partial charge in [0.2, 0.25) is 0 Å². The molecule has 0 radical (unpaired) electrons. The molecule has 1 heterocycles. The van der Waals surface area contributed by atoms with Crippen LogP contribution in [0.2, 0.25) is 0 Å². The number of methoxy groups -OCH3 is 1. The van der Waals surface area contributed by atoms with E-state index in [0.717, 1.165) is 32.6 Å². The molecule has 162 valence electrons. The van der Waals surface area contributed by atoms with E-state index in [9.17, 15) is 9.90 Å². The van der Waals surface area contributed by atoms with Crippen molar-refractivity contribution in [3.63, 3.8) is 0 Å². The van der Waals surface area contributed by atoms with Crippen LogP contribution in [0.15, 0.2) is 72.8 Å². The van der Waals surface area contributed by atoms with Crippen molar-refractivity contribution in [2.24, 2.45) is 0 Å². The quantitative estimate of drug-likeness (QED) is 0.334. The van der Waals surface area contributed by atoms with E-state index in [1.54, 1.807) is 43.5 Å². The molecular weight excluding hydrogens is 424 g/mol. The van der Waals surface area contributed by atoms with Crippen molar-refractivity contribution < 1.29 is 19.7 Å². The lowest BCUT2D eigenvalue weighted by Gasteiger charge is -2.08. The number of carboxylic acids is 1. The van der Waals surface area contributed by atoms with Gasteiger partial charge in [-0.2, -0.15) is 0 Å². The first-order valence-electron chi connectivity index (χ1n) is 10.0. The third-order valence-corrected chi connectivity index (χ3v) is 6.06. The third-order valence-electron chi connectivity index (χ3n) is 5.04. The topological polar surface area (TPSA) is 91.7 Å². The van der Waals surface area contributed by atoms with Gasteiger partial charge in [-0.05, 0) is 41.5 Å². The minimum atomic E-state index is -0.947. The van der Waals surface area contributed by atoms with Crippen molar-refractivity contribution in [3.05, 3.63) is 94.4 Å². The molecule has 7 heteroatoms. The van der Waals surface area contributed by atoms with Gasteiger partial charge in [-0.25, -0.2) is 9.78 Å². The second-order valence-electron chi connectivity index (χ2n) is 7.15. The first kappa shape index (κ1) is 21.4. The number of aromatic nitrogens is 1. The molecule has 0 unspecified atom stereocenters. The molecule has 3 aromatic carbocycles. The number of carbonyl (C=O) groups is 1. The number of thiazole rings is 1. The van der Waals surface area contributed by atoms with Crippen LogP contribution in [0.4, 0.5) is 5.13 Å². The number of phenols is 1. The van der Waals surface area contributed by atoms with E-state index in [-0.39, 0.29) is 11.3 Å². The summed E-state index contributed by atoms with van der Waals surface area (Å²) in [5.74, 6) is 0.0322. The predicted molar refractivity (Wildman–Crippen MR) is 126 cm³/mol. The Morgan fingerprint density at radius 2 is 1.75 bits per heavy atom. The van der Waals surface area contributed by atoms with Crippen LogP contribution < -0.4 is 10.1 Å². The largest absolute Gasteiger partial charge is 0.507 e. The number of phenolic OH excluding ortho intramolecular Hbond substituents is 1. The second kappa shape index (κ2) is 9.53. The van der Waals surface area contributed by atoms with Gasteiger partial charge in [0.15, 0.2) is 5.13 Å². The van der Waals surface area contributed by atoms with E-state index in [1.165, 1.54) is 11.3 Å². The maximum atomic E-state index is 11.0. The Morgan fingerprint density at radius 3 is 2.47 bits per heavy atom. The predicted octanol–water partition coefficient (Wildman–Crippen LogP) is 5.43. The lowest BCUT2D eigenvalue weighted by Crippen LogP contribution is -2.00. The molecule has 0 bridgehead atoms. The van der Waals surface area contributed by atoms with Crippen molar-refractivity contribution >= 4 is 22.4 Å². The van der Waals surface area contributed by atoms with Gasteiger partial charge >= 0.3 is 5.97 Å². The van der Waals surface area contributed by atoms with E-state index in [1.807, 2.05) is 36.4 Å². The summed E-state index contributed by atoms with van der Waals surface area (Å²) in [5, 5.41) is 23.5. The Morgan fingerprint density at radius 1 is 1.03 bits per heavy atom. The summed E-state index contributed by atoms with van der Waals surface area (Å²) in [7, 11) is 1.65. The molecule has 1 aromatic heterocycles. The first-order chi connectivity index (χ1) is 15.5. The second-order valence-corrected chi connectivity index (χ2v) is 8.24. The fourth-order valence-electron chi connectivity index (χ4n) is 3.40. The summed E-state index contributed by atoms with van der Waals surface area (Å²) >= 11 is 1.52. The molecule has 0 saturated carbocycles. The van der Waals surface area contributed by atoms with Crippen LogP contribution in [0.5, 0.6) is 11.5 Å². The lowest BCUT2D eigenvalue weighted by atomic mass is 10.0. The number of ether oxygens (including phenoxy) is 1. The number of aromatic hydroxyl groups is 1. The summed E-state index contributed by atoms with van der Waals surface area (Å²) in [6, 6.07) is 21.7. The standard InChI is InChI=1S/C25H22N2O4S/c1-31-21-9-5-2-6-18(21)14-22-23(19-7-3-4-8-20(19)28)27-25(32-22)26-15-16-10-12-17(13-11-16)24(29)30/h2-13,28H,14-15H2,1H3,(H,26,27)(H,29,30). The number of hydrogen-bond acceptors (Lipinski definition) is 6.